The van der Waals surface area contributed by atoms with Gasteiger partial charge in [-0.1, -0.05) is 0 Å². The molecule has 0 spiro atoms. The quantitative estimate of drug-likeness (QED) is 0.782. The van der Waals surface area contributed by atoms with Crippen LogP contribution in [0.25, 0.3) is 0 Å². The molecule has 0 saturated carbocycles. The molecule has 1 unspecified atom stereocenters. The number of rotatable bonds is 2. The van der Waals surface area contributed by atoms with Gasteiger partial charge in [0, 0.05) is 19.5 Å². The summed E-state index contributed by atoms with van der Waals surface area (Å²) in [6.45, 7) is 6.52. The highest BCUT2D eigenvalue weighted by atomic mass is 16.6. The van der Waals surface area contributed by atoms with Crippen LogP contribution in [-0.4, -0.2) is 40.8 Å². The summed E-state index contributed by atoms with van der Waals surface area (Å²) in [7, 11) is 0. The van der Waals surface area contributed by atoms with Crippen LogP contribution >= 0.6 is 0 Å². The zero-order chi connectivity index (χ0) is 12.3. The second kappa shape index (κ2) is 4.72. The van der Waals surface area contributed by atoms with Gasteiger partial charge in [-0.15, -0.1) is 0 Å². The molecular formula is C11H19NO4. The number of carbonyl (C=O) groups is 2. The summed E-state index contributed by atoms with van der Waals surface area (Å²) < 4.78 is 5.21. The molecule has 1 saturated heterocycles. The minimum atomic E-state index is -0.809. The van der Waals surface area contributed by atoms with Crippen molar-refractivity contribution in [1.82, 2.24) is 4.90 Å². The van der Waals surface area contributed by atoms with Crippen molar-refractivity contribution < 1.29 is 19.4 Å². The fourth-order valence-electron chi connectivity index (χ4n) is 1.74. The van der Waals surface area contributed by atoms with E-state index in [0.717, 1.165) is 6.42 Å². The number of likely N-dealkylation sites (tertiary alicyclic amines) is 1. The second-order valence-corrected chi connectivity index (χ2v) is 5.18. The van der Waals surface area contributed by atoms with E-state index in [1.165, 1.54) is 0 Å². The van der Waals surface area contributed by atoms with Crippen LogP contribution in [0, 0.1) is 5.92 Å². The Morgan fingerprint density at radius 1 is 1.44 bits per heavy atom. The third kappa shape index (κ3) is 4.08. The SMILES string of the molecule is CC(C)(C)OC(=O)N1CCC(CC(=O)O)C1. The van der Waals surface area contributed by atoms with Crippen LogP contribution in [0.15, 0.2) is 0 Å². The Morgan fingerprint density at radius 2 is 2.06 bits per heavy atom. The average Bonchev–Trinajstić information content (AvgIpc) is 2.48. The van der Waals surface area contributed by atoms with Gasteiger partial charge in [0.2, 0.25) is 0 Å². The molecule has 1 aliphatic rings. The largest absolute Gasteiger partial charge is 0.481 e. The van der Waals surface area contributed by atoms with Gasteiger partial charge in [-0.2, -0.15) is 0 Å². The van der Waals surface area contributed by atoms with Gasteiger partial charge in [-0.25, -0.2) is 4.79 Å². The van der Waals surface area contributed by atoms with Crippen LogP contribution in [0.2, 0.25) is 0 Å². The lowest BCUT2D eigenvalue weighted by Gasteiger charge is -2.24. The Balaban J connectivity index is 2.41. The fourth-order valence-corrected chi connectivity index (χ4v) is 1.74. The molecule has 1 amide bonds. The minimum Gasteiger partial charge on any atom is -0.481 e. The molecule has 1 heterocycles. The lowest BCUT2D eigenvalue weighted by molar-refractivity contribution is -0.138. The van der Waals surface area contributed by atoms with Crippen LogP contribution in [0.3, 0.4) is 0 Å². The number of carboxylic acid groups (broad SMARTS) is 1. The molecule has 1 rings (SSSR count). The lowest BCUT2D eigenvalue weighted by Crippen LogP contribution is -2.35. The minimum absolute atomic E-state index is 0.0602. The maximum atomic E-state index is 11.6. The van der Waals surface area contributed by atoms with Crippen molar-refractivity contribution in [3.05, 3.63) is 0 Å². The van der Waals surface area contributed by atoms with E-state index >= 15 is 0 Å². The summed E-state index contributed by atoms with van der Waals surface area (Å²) in [6, 6.07) is 0. The van der Waals surface area contributed by atoms with Crippen molar-refractivity contribution in [2.75, 3.05) is 13.1 Å². The maximum Gasteiger partial charge on any atom is 0.410 e. The highest BCUT2D eigenvalue weighted by Gasteiger charge is 2.30. The van der Waals surface area contributed by atoms with Crippen molar-refractivity contribution >= 4 is 12.1 Å². The summed E-state index contributed by atoms with van der Waals surface area (Å²) in [5.41, 5.74) is -0.498. The van der Waals surface area contributed by atoms with Gasteiger partial charge < -0.3 is 14.7 Å². The molecule has 16 heavy (non-hydrogen) atoms. The Kier molecular flexibility index (Phi) is 3.78. The van der Waals surface area contributed by atoms with Crippen molar-refractivity contribution in [2.45, 2.75) is 39.2 Å². The molecule has 0 radical (unpaired) electrons. The zero-order valence-corrected chi connectivity index (χ0v) is 10.0. The number of amides is 1. The third-order valence-corrected chi connectivity index (χ3v) is 2.40. The van der Waals surface area contributed by atoms with E-state index in [1.807, 2.05) is 20.8 Å². The lowest BCUT2D eigenvalue weighted by atomic mass is 10.1. The maximum absolute atomic E-state index is 11.6. The molecule has 0 bridgehead atoms. The smallest absolute Gasteiger partial charge is 0.410 e. The molecule has 0 aliphatic carbocycles. The van der Waals surface area contributed by atoms with E-state index in [0.29, 0.717) is 13.1 Å². The predicted octanol–water partition coefficient (Wildman–Crippen LogP) is 1.72. The monoisotopic (exact) mass is 229 g/mol. The number of hydrogen-bond donors (Lipinski definition) is 1. The third-order valence-electron chi connectivity index (χ3n) is 2.40. The van der Waals surface area contributed by atoms with E-state index in [4.69, 9.17) is 9.84 Å². The van der Waals surface area contributed by atoms with Gasteiger partial charge in [-0.3, -0.25) is 4.79 Å². The molecular weight excluding hydrogens is 210 g/mol. The first-order valence-corrected chi connectivity index (χ1v) is 5.47. The molecule has 5 heteroatoms. The number of nitrogens with zero attached hydrogens (tertiary/aromatic N) is 1. The molecule has 1 N–H and O–H groups in total. The highest BCUT2D eigenvalue weighted by Crippen LogP contribution is 2.21. The van der Waals surface area contributed by atoms with E-state index in [-0.39, 0.29) is 18.4 Å². The Morgan fingerprint density at radius 3 is 2.56 bits per heavy atom. The van der Waals surface area contributed by atoms with E-state index in [1.54, 1.807) is 4.90 Å². The number of hydrogen-bond acceptors (Lipinski definition) is 3. The molecule has 92 valence electrons. The van der Waals surface area contributed by atoms with Gasteiger partial charge >= 0.3 is 12.1 Å². The van der Waals surface area contributed by atoms with Crippen LogP contribution in [0.4, 0.5) is 4.79 Å². The Hall–Kier alpha value is -1.26. The van der Waals surface area contributed by atoms with Crippen LogP contribution in [0.5, 0.6) is 0 Å². The van der Waals surface area contributed by atoms with E-state index < -0.39 is 11.6 Å². The predicted molar refractivity (Wildman–Crippen MR) is 58.2 cm³/mol. The van der Waals surface area contributed by atoms with Gasteiger partial charge in [0.15, 0.2) is 0 Å². The van der Waals surface area contributed by atoms with Crippen LogP contribution in [0.1, 0.15) is 33.6 Å². The summed E-state index contributed by atoms with van der Waals surface area (Å²) in [5, 5.41) is 8.65. The number of carboxylic acids is 1. The Bertz CT molecular complexity index is 282. The molecule has 1 fully saturated rings. The van der Waals surface area contributed by atoms with Crippen molar-refractivity contribution in [3.8, 4) is 0 Å². The summed E-state index contributed by atoms with van der Waals surface area (Å²) in [5.74, 6) is -0.749. The fraction of sp³-hybridized carbons (Fsp3) is 0.818. The highest BCUT2D eigenvalue weighted by molar-refractivity contribution is 5.69. The second-order valence-electron chi connectivity index (χ2n) is 5.18. The molecule has 5 nitrogen and oxygen atoms in total. The van der Waals surface area contributed by atoms with E-state index in [2.05, 4.69) is 0 Å². The average molecular weight is 229 g/mol. The molecule has 1 atom stereocenters. The van der Waals surface area contributed by atoms with Crippen molar-refractivity contribution in [1.29, 1.82) is 0 Å². The number of carbonyl (C=O) groups excluding carboxylic acids is 1. The Labute approximate surface area is 95.4 Å². The first kappa shape index (κ1) is 12.8. The molecule has 0 aromatic carbocycles. The first-order chi connectivity index (χ1) is 7.28. The van der Waals surface area contributed by atoms with Gasteiger partial charge in [0.25, 0.3) is 0 Å². The molecule has 0 aromatic rings. The zero-order valence-electron chi connectivity index (χ0n) is 10.0. The first-order valence-electron chi connectivity index (χ1n) is 5.47. The normalized spacial score (nSPS) is 20.9. The summed E-state index contributed by atoms with van der Waals surface area (Å²) in [4.78, 5) is 23.8. The van der Waals surface area contributed by atoms with Crippen molar-refractivity contribution in [3.63, 3.8) is 0 Å². The standard InChI is InChI=1S/C11H19NO4/c1-11(2,3)16-10(15)12-5-4-8(7-12)6-9(13)14/h8H,4-7H2,1-3H3,(H,13,14). The van der Waals surface area contributed by atoms with E-state index in [9.17, 15) is 9.59 Å². The summed E-state index contributed by atoms with van der Waals surface area (Å²) in [6.07, 6.45) is 0.519. The van der Waals surface area contributed by atoms with Crippen LogP contribution < -0.4 is 0 Å². The molecule has 1 aliphatic heterocycles. The van der Waals surface area contributed by atoms with Gasteiger partial charge in [0.1, 0.15) is 5.60 Å². The number of ether oxygens (including phenoxy) is 1. The van der Waals surface area contributed by atoms with Gasteiger partial charge in [-0.05, 0) is 33.1 Å². The summed E-state index contributed by atoms with van der Waals surface area (Å²) >= 11 is 0. The van der Waals surface area contributed by atoms with Crippen LogP contribution in [-0.2, 0) is 9.53 Å². The molecule has 0 aromatic heterocycles. The van der Waals surface area contributed by atoms with Gasteiger partial charge in [0.05, 0.1) is 0 Å². The topological polar surface area (TPSA) is 66.8 Å². The number of aliphatic carboxylic acids is 1. The van der Waals surface area contributed by atoms with Crippen molar-refractivity contribution in [2.24, 2.45) is 5.92 Å².